The summed E-state index contributed by atoms with van der Waals surface area (Å²) in [7, 11) is 0. The van der Waals surface area contributed by atoms with Gasteiger partial charge in [-0.25, -0.2) is 9.97 Å². The van der Waals surface area contributed by atoms with Crippen LogP contribution < -0.4 is 16.0 Å². The molecule has 21 heavy (non-hydrogen) atoms. The van der Waals surface area contributed by atoms with Crippen LogP contribution in [0.25, 0.3) is 0 Å². The minimum absolute atomic E-state index is 0.270. The Morgan fingerprint density at radius 2 is 2.33 bits per heavy atom. The Hall–Kier alpha value is -2.15. The summed E-state index contributed by atoms with van der Waals surface area (Å²) in [5, 5.41) is 4.58. The summed E-state index contributed by atoms with van der Waals surface area (Å²) in [6.07, 6.45) is 6.15. The quantitative estimate of drug-likeness (QED) is 0.904. The maximum absolute atomic E-state index is 11.6. The fourth-order valence-corrected chi connectivity index (χ4v) is 3.20. The van der Waals surface area contributed by atoms with E-state index in [1.165, 1.54) is 11.3 Å². The molecule has 1 aliphatic rings. The first kappa shape index (κ1) is 13.8. The molecule has 2 aromatic rings. The molecule has 1 fully saturated rings. The van der Waals surface area contributed by atoms with Crippen LogP contribution in [0.1, 0.15) is 23.3 Å². The third-order valence-corrected chi connectivity index (χ3v) is 4.24. The van der Waals surface area contributed by atoms with Crippen LogP contribution in [0.2, 0.25) is 0 Å². The molecule has 0 atom stereocenters. The van der Waals surface area contributed by atoms with Gasteiger partial charge in [-0.05, 0) is 31.4 Å². The van der Waals surface area contributed by atoms with Gasteiger partial charge in [0.1, 0.15) is 10.8 Å². The van der Waals surface area contributed by atoms with Crippen molar-refractivity contribution >= 4 is 33.2 Å². The molecule has 3 heterocycles. The Labute approximate surface area is 127 Å². The second-order valence-electron chi connectivity index (χ2n) is 4.76. The van der Waals surface area contributed by atoms with Gasteiger partial charge in [0.05, 0.1) is 0 Å². The number of anilines is 3. The molecule has 6 nitrogen and oxygen atoms in total. The molecule has 2 aromatic heterocycles. The number of piperidine rings is 1. The molecule has 7 heteroatoms. The van der Waals surface area contributed by atoms with Crippen molar-refractivity contribution in [2.45, 2.75) is 12.8 Å². The summed E-state index contributed by atoms with van der Waals surface area (Å²) in [5.41, 5.74) is 5.70. The van der Waals surface area contributed by atoms with Crippen molar-refractivity contribution in [1.29, 1.82) is 0 Å². The number of rotatable bonds is 4. The Kier molecular flexibility index (Phi) is 4.01. The van der Waals surface area contributed by atoms with Gasteiger partial charge in [-0.15, -0.1) is 0 Å². The van der Waals surface area contributed by atoms with Gasteiger partial charge in [-0.3, -0.25) is 4.79 Å². The predicted molar refractivity (Wildman–Crippen MR) is 83.9 cm³/mol. The Morgan fingerprint density at radius 3 is 3.00 bits per heavy atom. The lowest BCUT2D eigenvalue weighted by Crippen LogP contribution is -2.29. The molecule has 109 valence electrons. The van der Waals surface area contributed by atoms with E-state index in [1.54, 1.807) is 6.20 Å². The van der Waals surface area contributed by atoms with Crippen LogP contribution in [0.3, 0.4) is 0 Å². The Morgan fingerprint density at radius 1 is 1.43 bits per heavy atom. The molecule has 1 radical (unpaired) electrons. The number of amides is 1. The largest absolute Gasteiger partial charge is 0.364 e. The standard InChI is InChI=1S/C14H16N5OS/c15-12(20)11-13(17-10-6-2-3-7-16-10)21-14(18-11)19-8-4-1-5-9-19/h2-4,6-7H,1,5,8-9H2,(H2,15,20)(H,16,17). The van der Waals surface area contributed by atoms with E-state index in [2.05, 4.69) is 26.6 Å². The van der Waals surface area contributed by atoms with Crippen LogP contribution >= 0.6 is 11.3 Å². The smallest absolute Gasteiger partial charge is 0.270 e. The van der Waals surface area contributed by atoms with E-state index in [0.717, 1.165) is 31.1 Å². The van der Waals surface area contributed by atoms with E-state index in [9.17, 15) is 4.79 Å². The van der Waals surface area contributed by atoms with Crippen molar-refractivity contribution in [3.63, 3.8) is 0 Å². The maximum atomic E-state index is 11.6. The van der Waals surface area contributed by atoms with Gasteiger partial charge < -0.3 is 16.0 Å². The normalized spacial score (nSPS) is 15.0. The first-order valence-corrected chi connectivity index (χ1v) is 7.61. The molecular formula is C14H16N5OS. The third-order valence-electron chi connectivity index (χ3n) is 3.21. The lowest BCUT2D eigenvalue weighted by atomic mass is 10.1. The number of hydrogen-bond donors (Lipinski definition) is 2. The van der Waals surface area contributed by atoms with E-state index in [0.29, 0.717) is 10.8 Å². The molecule has 1 amide bonds. The van der Waals surface area contributed by atoms with Gasteiger partial charge in [0.25, 0.3) is 5.91 Å². The highest BCUT2D eigenvalue weighted by Crippen LogP contribution is 2.33. The van der Waals surface area contributed by atoms with Crippen LogP contribution in [0, 0.1) is 6.42 Å². The van der Waals surface area contributed by atoms with E-state index in [4.69, 9.17) is 5.73 Å². The molecule has 0 saturated carbocycles. The Bertz CT molecular complexity index is 622. The lowest BCUT2D eigenvalue weighted by molar-refractivity contribution is 0.0997. The van der Waals surface area contributed by atoms with Crippen molar-refractivity contribution in [2.24, 2.45) is 5.73 Å². The number of carbonyl (C=O) groups excluding carboxylic acids is 1. The molecule has 0 spiro atoms. The second kappa shape index (κ2) is 6.09. The minimum Gasteiger partial charge on any atom is -0.364 e. The molecular weight excluding hydrogens is 286 g/mol. The Balaban J connectivity index is 1.87. The van der Waals surface area contributed by atoms with Gasteiger partial charge in [0, 0.05) is 19.3 Å². The van der Waals surface area contributed by atoms with Gasteiger partial charge in [-0.2, -0.15) is 0 Å². The molecule has 1 saturated heterocycles. The van der Waals surface area contributed by atoms with Crippen LogP contribution in [0.15, 0.2) is 24.4 Å². The van der Waals surface area contributed by atoms with Gasteiger partial charge >= 0.3 is 0 Å². The number of nitrogens with zero attached hydrogens (tertiary/aromatic N) is 3. The molecule has 3 N–H and O–H groups in total. The van der Waals surface area contributed by atoms with E-state index in [1.807, 2.05) is 18.2 Å². The monoisotopic (exact) mass is 302 g/mol. The third kappa shape index (κ3) is 3.13. The van der Waals surface area contributed by atoms with Crippen molar-refractivity contribution in [2.75, 3.05) is 23.3 Å². The molecule has 0 bridgehead atoms. The average molecular weight is 302 g/mol. The SMILES string of the molecule is NC(=O)c1nc(N2C[CH]CCC2)sc1Nc1ccccn1. The van der Waals surface area contributed by atoms with Gasteiger partial charge in [-0.1, -0.05) is 17.4 Å². The fourth-order valence-electron chi connectivity index (χ4n) is 2.19. The number of hydrogen-bond acceptors (Lipinski definition) is 6. The summed E-state index contributed by atoms with van der Waals surface area (Å²) in [6.45, 7) is 1.81. The van der Waals surface area contributed by atoms with E-state index < -0.39 is 5.91 Å². The molecule has 3 rings (SSSR count). The zero-order valence-corrected chi connectivity index (χ0v) is 12.3. The summed E-state index contributed by atoms with van der Waals surface area (Å²) in [6, 6.07) is 5.54. The minimum atomic E-state index is -0.531. The number of pyridine rings is 1. The average Bonchev–Trinajstić information content (AvgIpc) is 2.93. The molecule has 1 aliphatic heterocycles. The summed E-state index contributed by atoms with van der Waals surface area (Å²) < 4.78 is 0. The first-order valence-electron chi connectivity index (χ1n) is 6.79. The van der Waals surface area contributed by atoms with Gasteiger partial charge in [0.15, 0.2) is 10.8 Å². The predicted octanol–water partition coefficient (Wildman–Crippen LogP) is 2.19. The van der Waals surface area contributed by atoms with Crippen molar-refractivity contribution < 1.29 is 4.79 Å². The number of aromatic nitrogens is 2. The number of primary amides is 1. The van der Waals surface area contributed by atoms with Crippen molar-refractivity contribution in [3.8, 4) is 0 Å². The van der Waals surface area contributed by atoms with E-state index in [-0.39, 0.29) is 5.69 Å². The van der Waals surface area contributed by atoms with Crippen LogP contribution in [-0.4, -0.2) is 29.0 Å². The highest BCUT2D eigenvalue weighted by Gasteiger charge is 2.21. The summed E-state index contributed by atoms with van der Waals surface area (Å²) >= 11 is 1.43. The zero-order chi connectivity index (χ0) is 14.7. The van der Waals surface area contributed by atoms with Gasteiger partial charge in [0.2, 0.25) is 0 Å². The topological polar surface area (TPSA) is 84.1 Å². The fraction of sp³-hybridized carbons (Fsp3) is 0.286. The molecule has 0 aromatic carbocycles. The second-order valence-corrected chi connectivity index (χ2v) is 5.73. The van der Waals surface area contributed by atoms with E-state index >= 15 is 0 Å². The highest BCUT2D eigenvalue weighted by atomic mass is 32.1. The molecule has 0 aliphatic carbocycles. The molecule has 0 unspecified atom stereocenters. The maximum Gasteiger partial charge on any atom is 0.270 e. The number of nitrogens with two attached hydrogens (primary N) is 1. The van der Waals surface area contributed by atoms with Crippen LogP contribution in [0.5, 0.6) is 0 Å². The lowest BCUT2D eigenvalue weighted by Gasteiger charge is -2.25. The number of carbonyl (C=O) groups is 1. The van der Waals surface area contributed by atoms with Crippen LogP contribution in [-0.2, 0) is 0 Å². The zero-order valence-electron chi connectivity index (χ0n) is 11.5. The van der Waals surface area contributed by atoms with Crippen LogP contribution in [0.4, 0.5) is 16.0 Å². The first-order chi connectivity index (χ1) is 10.2. The van der Waals surface area contributed by atoms with Crippen molar-refractivity contribution in [1.82, 2.24) is 9.97 Å². The number of nitrogens with one attached hydrogen (secondary N) is 1. The van der Waals surface area contributed by atoms with Crippen molar-refractivity contribution in [3.05, 3.63) is 36.5 Å². The summed E-state index contributed by atoms with van der Waals surface area (Å²) in [4.78, 5) is 22.3. The summed E-state index contributed by atoms with van der Waals surface area (Å²) in [5.74, 6) is 0.136. The highest BCUT2D eigenvalue weighted by molar-refractivity contribution is 7.20. The number of thiazole rings is 1.